The van der Waals surface area contributed by atoms with Gasteiger partial charge in [-0.15, -0.1) is 0 Å². The third kappa shape index (κ3) is 2.71. The standard InChI is InChI=1S/C16H20N2O3/c19-11-12-5-4-8-17(10-12)14-9-15(20)18(16(14)21)13-6-2-1-3-7-13/h1-3,6-7,12,14,19H,4-5,8-11H2/p+1/t12-,14-/m0/s1. The van der Waals surface area contributed by atoms with Crippen molar-refractivity contribution in [3.05, 3.63) is 30.3 Å². The van der Waals surface area contributed by atoms with Crippen LogP contribution >= 0.6 is 0 Å². The molecule has 2 heterocycles. The van der Waals surface area contributed by atoms with Crippen LogP contribution in [0.25, 0.3) is 0 Å². The normalized spacial score (nSPS) is 30.0. The summed E-state index contributed by atoms with van der Waals surface area (Å²) in [5.74, 6) is 0.0389. The lowest BCUT2D eigenvalue weighted by Crippen LogP contribution is -3.18. The van der Waals surface area contributed by atoms with Gasteiger partial charge in [-0.25, -0.2) is 4.90 Å². The fraction of sp³-hybridized carbons (Fsp3) is 0.500. The minimum atomic E-state index is -0.285. The van der Waals surface area contributed by atoms with E-state index in [-0.39, 0.29) is 36.8 Å². The molecule has 1 aromatic carbocycles. The highest BCUT2D eigenvalue weighted by Crippen LogP contribution is 2.22. The zero-order valence-electron chi connectivity index (χ0n) is 12.0. The first-order valence-electron chi connectivity index (χ1n) is 7.58. The van der Waals surface area contributed by atoms with E-state index in [1.54, 1.807) is 12.1 Å². The van der Waals surface area contributed by atoms with E-state index in [2.05, 4.69) is 0 Å². The van der Waals surface area contributed by atoms with Gasteiger partial charge in [0.1, 0.15) is 0 Å². The molecule has 5 nitrogen and oxygen atoms in total. The number of aliphatic hydroxyl groups excluding tert-OH is 1. The lowest BCUT2D eigenvalue weighted by atomic mass is 9.97. The molecular weight excluding hydrogens is 268 g/mol. The average Bonchev–Trinajstić information content (AvgIpc) is 2.83. The summed E-state index contributed by atoms with van der Waals surface area (Å²) >= 11 is 0. The van der Waals surface area contributed by atoms with E-state index in [0.717, 1.165) is 30.8 Å². The molecule has 21 heavy (non-hydrogen) atoms. The zero-order valence-corrected chi connectivity index (χ0v) is 12.0. The Morgan fingerprint density at radius 3 is 2.71 bits per heavy atom. The van der Waals surface area contributed by atoms with Crippen molar-refractivity contribution in [3.8, 4) is 0 Å². The number of amides is 2. The number of hydrogen-bond acceptors (Lipinski definition) is 3. The summed E-state index contributed by atoms with van der Waals surface area (Å²) in [6.07, 6.45) is 2.29. The predicted octanol–water partition coefficient (Wildman–Crippen LogP) is -0.394. The molecule has 2 amide bonds. The SMILES string of the molecule is O=C1C[C@H]([NH+]2CCC[C@H](CO)C2)C(=O)N1c1ccccc1. The molecule has 2 N–H and O–H groups in total. The lowest BCUT2D eigenvalue weighted by molar-refractivity contribution is -0.923. The van der Waals surface area contributed by atoms with Crippen molar-refractivity contribution in [1.29, 1.82) is 0 Å². The van der Waals surface area contributed by atoms with Crippen molar-refractivity contribution in [3.63, 3.8) is 0 Å². The Morgan fingerprint density at radius 1 is 1.24 bits per heavy atom. The summed E-state index contributed by atoms with van der Waals surface area (Å²) in [6, 6.07) is 8.83. The van der Waals surface area contributed by atoms with Gasteiger partial charge in [0, 0.05) is 5.92 Å². The van der Waals surface area contributed by atoms with Crippen LogP contribution < -0.4 is 9.80 Å². The highest BCUT2D eigenvalue weighted by Gasteiger charge is 2.46. The quantitative estimate of drug-likeness (QED) is 0.745. The first kappa shape index (κ1) is 14.2. The van der Waals surface area contributed by atoms with Gasteiger partial charge in [-0.2, -0.15) is 0 Å². The Balaban J connectivity index is 1.77. The number of hydrogen-bond donors (Lipinski definition) is 2. The van der Waals surface area contributed by atoms with E-state index in [9.17, 15) is 14.7 Å². The molecule has 1 aromatic rings. The van der Waals surface area contributed by atoms with Crippen molar-refractivity contribution in [2.24, 2.45) is 5.92 Å². The maximum Gasteiger partial charge on any atom is 0.292 e. The second-order valence-corrected chi connectivity index (χ2v) is 5.96. The molecule has 0 bridgehead atoms. The van der Waals surface area contributed by atoms with Gasteiger partial charge in [-0.1, -0.05) is 18.2 Å². The number of carbonyl (C=O) groups is 2. The molecule has 112 valence electrons. The van der Waals surface area contributed by atoms with Crippen LogP contribution in [-0.2, 0) is 9.59 Å². The minimum absolute atomic E-state index is 0.0974. The van der Waals surface area contributed by atoms with Crippen molar-refractivity contribution in [1.82, 2.24) is 0 Å². The summed E-state index contributed by atoms with van der Waals surface area (Å²) < 4.78 is 0. The molecule has 0 saturated carbocycles. The number of anilines is 1. The van der Waals surface area contributed by atoms with Crippen LogP contribution in [0.5, 0.6) is 0 Å². The highest BCUT2D eigenvalue weighted by molar-refractivity contribution is 6.21. The van der Waals surface area contributed by atoms with Crippen LogP contribution in [-0.4, -0.2) is 42.7 Å². The maximum atomic E-state index is 12.6. The van der Waals surface area contributed by atoms with E-state index in [0.29, 0.717) is 5.69 Å². The highest BCUT2D eigenvalue weighted by atomic mass is 16.3. The summed E-state index contributed by atoms with van der Waals surface area (Å²) in [6.45, 7) is 1.85. The molecular formula is C16H21N2O3+. The molecule has 3 rings (SSSR count). The maximum absolute atomic E-state index is 12.6. The monoisotopic (exact) mass is 289 g/mol. The third-order valence-corrected chi connectivity index (χ3v) is 4.57. The zero-order chi connectivity index (χ0) is 14.8. The summed E-state index contributed by atoms with van der Waals surface area (Å²) in [7, 11) is 0. The van der Waals surface area contributed by atoms with Crippen molar-refractivity contribution < 1.29 is 19.6 Å². The number of piperidine rings is 1. The molecule has 5 heteroatoms. The first-order valence-corrected chi connectivity index (χ1v) is 7.58. The number of likely N-dealkylation sites (tertiary alicyclic amines) is 1. The minimum Gasteiger partial charge on any atom is -0.396 e. The molecule has 2 saturated heterocycles. The Bertz CT molecular complexity index is 532. The molecule has 2 aliphatic rings. The summed E-state index contributed by atoms with van der Waals surface area (Å²) in [4.78, 5) is 27.3. The van der Waals surface area contributed by atoms with Crippen LogP contribution in [0.15, 0.2) is 30.3 Å². The van der Waals surface area contributed by atoms with E-state index < -0.39 is 0 Å². The molecule has 0 aromatic heterocycles. The van der Waals surface area contributed by atoms with Crippen LogP contribution in [0.3, 0.4) is 0 Å². The summed E-state index contributed by atoms with van der Waals surface area (Å²) in [5.41, 5.74) is 0.658. The lowest BCUT2D eigenvalue weighted by Gasteiger charge is -2.31. The largest absolute Gasteiger partial charge is 0.396 e. The molecule has 0 spiro atoms. The van der Waals surface area contributed by atoms with Crippen LogP contribution in [0.1, 0.15) is 19.3 Å². The Labute approximate surface area is 124 Å². The predicted molar refractivity (Wildman–Crippen MR) is 77.8 cm³/mol. The number of imide groups is 1. The number of nitrogens with zero attached hydrogens (tertiary/aromatic N) is 1. The van der Waals surface area contributed by atoms with Gasteiger partial charge in [-0.3, -0.25) is 9.59 Å². The van der Waals surface area contributed by atoms with Crippen LogP contribution in [0.2, 0.25) is 0 Å². The smallest absolute Gasteiger partial charge is 0.292 e. The van der Waals surface area contributed by atoms with E-state index >= 15 is 0 Å². The number of carbonyl (C=O) groups excluding carboxylic acids is 2. The molecule has 1 unspecified atom stereocenters. The van der Waals surface area contributed by atoms with Gasteiger partial charge in [0.15, 0.2) is 6.04 Å². The Hall–Kier alpha value is -1.72. The molecule has 2 aliphatic heterocycles. The number of nitrogens with one attached hydrogen (secondary N) is 1. The van der Waals surface area contributed by atoms with Crippen molar-refractivity contribution in [2.75, 3.05) is 24.6 Å². The van der Waals surface area contributed by atoms with Gasteiger partial charge >= 0.3 is 0 Å². The number of aliphatic hydroxyl groups is 1. The number of para-hydroxylation sites is 1. The number of rotatable bonds is 3. The average molecular weight is 289 g/mol. The van der Waals surface area contributed by atoms with Crippen LogP contribution in [0, 0.1) is 5.92 Å². The second-order valence-electron chi connectivity index (χ2n) is 5.96. The summed E-state index contributed by atoms with van der Waals surface area (Å²) in [5, 5.41) is 9.32. The first-order chi connectivity index (χ1) is 10.2. The third-order valence-electron chi connectivity index (χ3n) is 4.57. The van der Waals surface area contributed by atoms with E-state index in [1.807, 2.05) is 18.2 Å². The molecule has 0 aliphatic carbocycles. The fourth-order valence-electron chi connectivity index (χ4n) is 3.46. The molecule has 0 radical (unpaired) electrons. The van der Waals surface area contributed by atoms with Gasteiger partial charge in [0.2, 0.25) is 5.91 Å². The Kier molecular flexibility index (Phi) is 4.03. The molecule has 3 atom stereocenters. The topological polar surface area (TPSA) is 62.1 Å². The van der Waals surface area contributed by atoms with Gasteiger partial charge in [0.05, 0.1) is 31.8 Å². The second kappa shape index (κ2) is 5.95. The van der Waals surface area contributed by atoms with Crippen LogP contribution in [0.4, 0.5) is 5.69 Å². The van der Waals surface area contributed by atoms with Gasteiger partial charge in [-0.05, 0) is 25.0 Å². The molecule has 2 fully saturated rings. The Morgan fingerprint density at radius 2 is 2.00 bits per heavy atom. The van der Waals surface area contributed by atoms with Crippen molar-refractivity contribution in [2.45, 2.75) is 25.3 Å². The van der Waals surface area contributed by atoms with Gasteiger partial charge in [0.25, 0.3) is 5.91 Å². The fourth-order valence-corrected chi connectivity index (χ4v) is 3.46. The van der Waals surface area contributed by atoms with Gasteiger partial charge < -0.3 is 10.0 Å². The van der Waals surface area contributed by atoms with Crippen molar-refractivity contribution >= 4 is 17.5 Å². The number of quaternary nitrogens is 1. The number of benzene rings is 1. The van der Waals surface area contributed by atoms with E-state index in [4.69, 9.17) is 0 Å². The van der Waals surface area contributed by atoms with E-state index in [1.165, 1.54) is 4.90 Å².